The second-order valence-electron chi connectivity index (χ2n) is 6.51. The van der Waals surface area contributed by atoms with Crippen LogP contribution < -0.4 is 5.32 Å². The minimum atomic E-state index is -0.542. The predicted molar refractivity (Wildman–Crippen MR) is 115 cm³/mol. The van der Waals surface area contributed by atoms with E-state index in [1.54, 1.807) is 16.6 Å². The van der Waals surface area contributed by atoms with Gasteiger partial charge in [0.25, 0.3) is 5.95 Å². The van der Waals surface area contributed by atoms with Crippen LogP contribution in [0.4, 0.5) is 10.7 Å². The number of rotatable bonds is 8. The second-order valence-corrected chi connectivity index (χ2v) is 8.20. The van der Waals surface area contributed by atoms with Crippen molar-refractivity contribution in [3.63, 3.8) is 0 Å². The summed E-state index contributed by atoms with van der Waals surface area (Å²) in [6, 6.07) is 5.27. The molecule has 2 heterocycles. The van der Waals surface area contributed by atoms with E-state index in [0.717, 1.165) is 36.9 Å². The Morgan fingerprint density at radius 2 is 2.18 bits per heavy atom. The highest BCUT2D eigenvalue weighted by atomic mass is 35.5. The molecule has 0 fully saturated rings. The molecule has 1 unspecified atom stereocenters. The van der Waals surface area contributed by atoms with Gasteiger partial charge < -0.3 is 4.74 Å². The molecule has 0 radical (unpaired) electrons. The van der Waals surface area contributed by atoms with E-state index in [9.17, 15) is 4.79 Å². The lowest BCUT2D eigenvalue weighted by molar-refractivity contribution is 0.136. The lowest BCUT2D eigenvalue weighted by Gasteiger charge is -2.14. The molecule has 3 rings (SSSR count). The number of fused-ring (bicyclic) bond motifs is 1. The number of nitrogens with one attached hydrogen (secondary N) is 1. The Bertz CT molecular complexity index is 957. The highest BCUT2D eigenvalue weighted by Gasteiger charge is 2.16. The van der Waals surface area contributed by atoms with Gasteiger partial charge >= 0.3 is 6.09 Å². The molecule has 1 N–H and O–H groups in total. The first-order chi connectivity index (χ1) is 13.5. The first-order valence-electron chi connectivity index (χ1n) is 9.25. The second kappa shape index (κ2) is 9.58. The fourth-order valence-corrected chi connectivity index (χ4v) is 4.16. The van der Waals surface area contributed by atoms with Gasteiger partial charge in [0.15, 0.2) is 0 Å². The number of nitrogens with zero attached hydrogens (tertiary/aromatic N) is 3. The average molecular weight is 441 g/mol. The summed E-state index contributed by atoms with van der Waals surface area (Å²) in [5.41, 5.74) is 1.57. The molecule has 1 atom stereocenters. The summed E-state index contributed by atoms with van der Waals surface area (Å²) in [7, 11) is 0. The molecule has 150 valence electrons. The van der Waals surface area contributed by atoms with Crippen molar-refractivity contribution in [1.82, 2.24) is 14.6 Å². The lowest BCUT2D eigenvalue weighted by Crippen LogP contribution is -2.19. The Hall–Kier alpha value is -1.83. The zero-order valence-electron chi connectivity index (χ0n) is 15.7. The van der Waals surface area contributed by atoms with Crippen LogP contribution in [0.3, 0.4) is 0 Å². The molecule has 0 aliphatic rings. The Morgan fingerprint density at radius 3 is 2.89 bits per heavy atom. The normalized spacial score (nSPS) is 12.3. The maximum atomic E-state index is 12.1. The van der Waals surface area contributed by atoms with Crippen molar-refractivity contribution in [2.75, 3.05) is 11.9 Å². The van der Waals surface area contributed by atoms with Gasteiger partial charge in [-0.15, -0.1) is 16.4 Å². The first-order valence-corrected chi connectivity index (χ1v) is 10.9. The van der Waals surface area contributed by atoms with Crippen molar-refractivity contribution in [3.05, 3.63) is 33.6 Å². The SMILES string of the molecule is CCCCC(CC)COC(=O)Nc1nc2scc(-c3ccc(Cl)cc3Cl)n2n1. The van der Waals surface area contributed by atoms with Gasteiger partial charge in [-0.25, -0.2) is 9.31 Å². The predicted octanol–water partition coefficient (Wildman–Crippen LogP) is 6.53. The van der Waals surface area contributed by atoms with Crippen LogP contribution in [0.1, 0.15) is 39.5 Å². The lowest BCUT2D eigenvalue weighted by atomic mass is 10.0. The standard InChI is InChI=1S/C19H22Cl2N4O2S/c1-3-5-6-12(4-2)10-27-19(26)23-17-22-18-25(24-17)16(11-28-18)14-8-7-13(20)9-15(14)21/h7-9,11-12H,3-6,10H2,1-2H3,(H,23,24,26). The van der Waals surface area contributed by atoms with E-state index in [0.29, 0.717) is 27.5 Å². The molecule has 0 saturated carbocycles. The molecule has 2 aromatic heterocycles. The van der Waals surface area contributed by atoms with Gasteiger partial charge in [0, 0.05) is 16.0 Å². The van der Waals surface area contributed by atoms with Crippen molar-refractivity contribution in [3.8, 4) is 11.3 Å². The van der Waals surface area contributed by atoms with E-state index in [-0.39, 0.29) is 5.95 Å². The van der Waals surface area contributed by atoms with Crippen LogP contribution in [0.25, 0.3) is 16.2 Å². The van der Waals surface area contributed by atoms with Crippen molar-refractivity contribution in [2.45, 2.75) is 39.5 Å². The Kier molecular flexibility index (Phi) is 7.15. The summed E-state index contributed by atoms with van der Waals surface area (Å²) >= 11 is 13.7. The molecular weight excluding hydrogens is 419 g/mol. The summed E-state index contributed by atoms with van der Waals surface area (Å²) in [4.78, 5) is 17.1. The molecule has 9 heteroatoms. The van der Waals surface area contributed by atoms with E-state index in [4.69, 9.17) is 27.9 Å². The van der Waals surface area contributed by atoms with E-state index in [2.05, 4.69) is 29.2 Å². The number of benzene rings is 1. The van der Waals surface area contributed by atoms with Gasteiger partial charge in [0.05, 0.1) is 17.3 Å². The zero-order chi connectivity index (χ0) is 20.1. The number of hydrogen-bond acceptors (Lipinski definition) is 5. The van der Waals surface area contributed by atoms with E-state index in [1.807, 2.05) is 11.4 Å². The number of carbonyl (C=O) groups excluding carboxylic acids is 1. The highest BCUT2D eigenvalue weighted by Crippen LogP contribution is 2.33. The summed E-state index contributed by atoms with van der Waals surface area (Å²) in [5.74, 6) is 0.576. The van der Waals surface area contributed by atoms with E-state index >= 15 is 0 Å². The minimum absolute atomic E-state index is 0.199. The highest BCUT2D eigenvalue weighted by molar-refractivity contribution is 7.15. The molecule has 0 aliphatic heterocycles. The molecule has 28 heavy (non-hydrogen) atoms. The third-order valence-corrected chi connectivity index (χ3v) is 5.86. The van der Waals surface area contributed by atoms with E-state index < -0.39 is 6.09 Å². The molecule has 0 bridgehead atoms. The quantitative estimate of drug-likeness (QED) is 0.432. The third kappa shape index (κ3) is 4.96. The Morgan fingerprint density at radius 1 is 1.36 bits per heavy atom. The van der Waals surface area contributed by atoms with Crippen LogP contribution in [-0.2, 0) is 4.74 Å². The van der Waals surface area contributed by atoms with Gasteiger partial charge in [-0.2, -0.15) is 4.98 Å². The number of ether oxygens (including phenoxy) is 1. The molecular formula is C19H22Cl2N4O2S. The average Bonchev–Trinajstić information content (AvgIpc) is 3.22. The van der Waals surface area contributed by atoms with Gasteiger partial charge in [0.2, 0.25) is 4.96 Å². The summed E-state index contributed by atoms with van der Waals surface area (Å²) in [5, 5.41) is 9.96. The number of anilines is 1. The summed E-state index contributed by atoms with van der Waals surface area (Å²) < 4.78 is 6.99. The largest absolute Gasteiger partial charge is 0.449 e. The molecule has 0 spiro atoms. The van der Waals surface area contributed by atoms with Crippen LogP contribution in [0.2, 0.25) is 10.0 Å². The number of halogens is 2. The maximum absolute atomic E-state index is 12.1. The molecule has 3 aromatic rings. The van der Waals surface area contributed by atoms with Crippen molar-refractivity contribution >= 4 is 51.5 Å². The molecule has 0 saturated heterocycles. The van der Waals surface area contributed by atoms with Crippen LogP contribution in [-0.4, -0.2) is 27.3 Å². The number of thiazole rings is 1. The van der Waals surface area contributed by atoms with E-state index in [1.165, 1.54) is 11.3 Å². The third-order valence-electron chi connectivity index (χ3n) is 4.50. The van der Waals surface area contributed by atoms with Gasteiger partial charge in [-0.3, -0.25) is 5.32 Å². The van der Waals surface area contributed by atoms with Gasteiger partial charge in [0.1, 0.15) is 0 Å². The monoisotopic (exact) mass is 440 g/mol. The first kappa shape index (κ1) is 20.9. The number of unbranched alkanes of at least 4 members (excludes halogenated alkanes) is 1. The fraction of sp³-hybridized carbons (Fsp3) is 0.421. The smallest absolute Gasteiger partial charge is 0.414 e. The Balaban J connectivity index is 1.68. The molecule has 1 amide bonds. The van der Waals surface area contributed by atoms with Gasteiger partial charge in [-0.05, 0) is 30.5 Å². The molecule has 6 nitrogen and oxygen atoms in total. The summed E-state index contributed by atoms with van der Waals surface area (Å²) in [6.45, 7) is 4.66. The van der Waals surface area contributed by atoms with Crippen molar-refractivity contribution < 1.29 is 9.53 Å². The molecule has 1 aromatic carbocycles. The fourth-order valence-electron chi connectivity index (χ4n) is 2.84. The van der Waals surface area contributed by atoms with Gasteiger partial charge in [-0.1, -0.05) is 56.3 Å². The number of amides is 1. The van der Waals surface area contributed by atoms with Crippen LogP contribution in [0, 0.1) is 5.92 Å². The number of hydrogen-bond donors (Lipinski definition) is 1. The molecule has 0 aliphatic carbocycles. The minimum Gasteiger partial charge on any atom is -0.449 e. The van der Waals surface area contributed by atoms with Crippen LogP contribution >= 0.6 is 34.5 Å². The van der Waals surface area contributed by atoms with Crippen molar-refractivity contribution in [2.24, 2.45) is 5.92 Å². The zero-order valence-corrected chi connectivity index (χ0v) is 18.1. The topological polar surface area (TPSA) is 68.5 Å². The van der Waals surface area contributed by atoms with Crippen molar-refractivity contribution in [1.29, 1.82) is 0 Å². The number of aromatic nitrogens is 3. The van der Waals surface area contributed by atoms with Crippen LogP contribution in [0.15, 0.2) is 23.6 Å². The maximum Gasteiger partial charge on any atom is 0.414 e. The van der Waals surface area contributed by atoms with Crippen LogP contribution in [0.5, 0.6) is 0 Å². The number of carbonyl (C=O) groups is 1. The Labute approximate surface area is 177 Å². The summed E-state index contributed by atoms with van der Waals surface area (Å²) in [6.07, 6.45) is 3.77.